The summed E-state index contributed by atoms with van der Waals surface area (Å²) in [4.78, 5) is 0. The maximum absolute atomic E-state index is 11.9. The Morgan fingerprint density at radius 1 is 0.577 bits per heavy atom. The van der Waals surface area contributed by atoms with Crippen LogP contribution in [0, 0.1) is 0 Å². The van der Waals surface area contributed by atoms with Crippen molar-refractivity contribution < 1.29 is 13.0 Å². The van der Waals surface area contributed by atoms with Gasteiger partial charge < -0.3 is 0 Å². The van der Waals surface area contributed by atoms with Crippen molar-refractivity contribution in [2.24, 2.45) is 0 Å². The van der Waals surface area contributed by atoms with Gasteiger partial charge in [0.15, 0.2) is 0 Å². The number of rotatable bonds is 19. The van der Waals surface area contributed by atoms with E-state index in [1.165, 1.54) is 77.0 Å². The molecule has 1 N–H and O–H groups in total. The van der Waals surface area contributed by atoms with Crippen LogP contribution >= 0.6 is 0 Å². The van der Waals surface area contributed by atoms with Crippen LogP contribution in [-0.2, 0) is 10.1 Å². The van der Waals surface area contributed by atoms with Crippen molar-refractivity contribution in [1.82, 2.24) is 0 Å². The second-order valence-electron chi connectivity index (χ2n) is 8.37. The van der Waals surface area contributed by atoms with Gasteiger partial charge in [-0.3, -0.25) is 4.55 Å². The minimum absolute atomic E-state index is 0.595. The summed E-state index contributed by atoms with van der Waals surface area (Å²) < 4.78 is 32.5. The summed E-state index contributed by atoms with van der Waals surface area (Å²) in [7, 11) is -3.97. The lowest BCUT2D eigenvalue weighted by Gasteiger charge is -2.26. The van der Waals surface area contributed by atoms with E-state index >= 15 is 0 Å². The molecule has 0 bridgehead atoms. The Kier molecular flexibility index (Phi) is 15.9. The summed E-state index contributed by atoms with van der Waals surface area (Å²) in [5, 5.41) is 0. The van der Waals surface area contributed by atoms with E-state index in [2.05, 4.69) is 13.8 Å². The van der Waals surface area contributed by atoms with Gasteiger partial charge in [0.25, 0.3) is 10.1 Å². The zero-order valence-electron chi connectivity index (χ0n) is 17.9. The topological polar surface area (TPSA) is 54.4 Å². The Labute approximate surface area is 164 Å². The van der Waals surface area contributed by atoms with Crippen LogP contribution < -0.4 is 0 Å². The van der Waals surface area contributed by atoms with E-state index in [9.17, 15) is 13.0 Å². The molecule has 0 saturated carbocycles. The average Bonchev–Trinajstić information content (AvgIpc) is 2.58. The fourth-order valence-corrected chi connectivity index (χ4v) is 4.45. The highest BCUT2D eigenvalue weighted by Gasteiger charge is 2.36. The molecule has 0 saturated heterocycles. The van der Waals surface area contributed by atoms with Crippen LogP contribution in [0.15, 0.2) is 0 Å². The van der Waals surface area contributed by atoms with E-state index in [0.29, 0.717) is 12.8 Å². The lowest BCUT2D eigenvalue weighted by Crippen LogP contribution is -2.35. The van der Waals surface area contributed by atoms with Crippen molar-refractivity contribution >= 4 is 10.1 Å². The molecule has 0 aliphatic heterocycles. The van der Waals surface area contributed by atoms with E-state index in [1.807, 2.05) is 0 Å². The van der Waals surface area contributed by atoms with E-state index in [1.54, 1.807) is 6.92 Å². The maximum Gasteiger partial charge on any atom is 0.270 e. The Hall–Kier alpha value is -0.0900. The van der Waals surface area contributed by atoms with E-state index in [-0.39, 0.29) is 0 Å². The molecule has 0 aliphatic carbocycles. The normalized spacial score (nSPS) is 12.6. The third-order valence-electron chi connectivity index (χ3n) is 5.74. The van der Waals surface area contributed by atoms with Gasteiger partial charge >= 0.3 is 0 Å². The minimum atomic E-state index is -3.97. The van der Waals surface area contributed by atoms with Crippen LogP contribution in [0.1, 0.15) is 136 Å². The van der Waals surface area contributed by atoms with E-state index in [4.69, 9.17) is 0 Å². The Morgan fingerprint density at radius 3 is 1.12 bits per heavy atom. The van der Waals surface area contributed by atoms with Gasteiger partial charge in [-0.2, -0.15) is 8.42 Å². The molecule has 0 aromatic rings. The van der Waals surface area contributed by atoms with Crippen LogP contribution in [0.3, 0.4) is 0 Å². The summed E-state index contributed by atoms with van der Waals surface area (Å²) in [6, 6.07) is 0. The molecule has 3 nitrogen and oxygen atoms in total. The van der Waals surface area contributed by atoms with Crippen molar-refractivity contribution in [3.63, 3.8) is 0 Å². The molecule has 0 rings (SSSR count). The van der Waals surface area contributed by atoms with Gasteiger partial charge in [-0.05, 0) is 19.8 Å². The van der Waals surface area contributed by atoms with Gasteiger partial charge in [0, 0.05) is 0 Å². The molecule has 0 unspecified atom stereocenters. The average molecular weight is 391 g/mol. The van der Waals surface area contributed by atoms with Crippen molar-refractivity contribution in [2.75, 3.05) is 0 Å². The highest BCUT2D eigenvalue weighted by atomic mass is 32.2. The molecule has 0 spiro atoms. The highest BCUT2D eigenvalue weighted by molar-refractivity contribution is 7.87. The van der Waals surface area contributed by atoms with Crippen LogP contribution in [0.4, 0.5) is 0 Å². The zero-order valence-corrected chi connectivity index (χ0v) is 18.7. The lowest BCUT2D eigenvalue weighted by molar-refractivity contribution is 0.385. The van der Waals surface area contributed by atoms with Gasteiger partial charge in [0.2, 0.25) is 0 Å². The monoisotopic (exact) mass is 390 g/mol. The van der Waals surface area contributed by atoms with Gasteiger partial charge in [-0.15, -0.1) is 0 Å². The molecule has 0 aliphatic rings. The molecule has 158 valence electrons. The van der Waals surface area contributed by atoms with Crippen molar-refractivity contribution in [3.8, 4) is 0 Å². The summed E-state index contributed by atoms with van der Waals surface area (Å²) >= 11 is 0. The lowest BCUT2D eigenvalue weighted by atomic mass is 9.94. The molecule has 0 atom stereocenters. The van der Waals surface area contributed by atoms with Crippen LogP contribution in [0.2, 0.25) is 0 Å². The number of unbranched alkanes of at least 4 members (excludes halogenated alkanes) is 14. The second kappa shape index (κ2) is 15.9. The Balaban J connectivity index is 3.95. The molecule has 0 radical (unpaired) electrons. The first-order valence-corrected chi connectivity index (χ1v) is 12.8. The summed E-state index contributed by atoms with van der Waals surface area (Å²) in [5.41, 5.74) is 0. The minimum Gasteiger partial charge on any atom is -0.285 e. The standard InChI is InChI=1S/C22H46O3S/c1-4-6-8-10-12-14-16-18-20-22(3,26(23,24)25)21-19-17-15-13-11-9-7-5-2/h4-21H2,1-3H3,(H,23,24,25). The van der Waals surface area contributed by atoms with Crippen molar-refractivity contribution in [1.29, 1.82) is 0 Å². The SMILES string of the molecule is CCCCCCCCCCC(C)(CCCCCCCCCC)S(=O)(=O)O. The third kappa shape index (κ3) is 13.1. The Bertz CT molecular complexity index is 384. The van der Waals surface area contributed by atoms with Gasteiger partial charge in [-0.25, -0.2) is 0 Å². The molecule has 26 heavy (non-hydrogen) atoms. The number of hydrogen-bond acceptors (Lipinski definition) is 2. The first-order chi connectivity index (χ1) is 12.4. The van der Waals surface area contributed by atoms with Gasteiger partial charge in [0.1, 0.15) is 0 Å². The van der Waals surface area contributed by atoms with Gasteiger partial charge in [-0.1, -0.05) is 117 Å². The first-order valence-electron chi connectivity index (χ1n) is 11.3. The zero-order chi connectivity index (χ0) is 19.7. The van der Waals surface area contributed by atoms with Crippen LogP contribution in [0.5, 0.6) is 0 Å². The van der Waals surface area contributed by atoms with Crippen molar-refractivity contribution in [3.05, 3.63) is 0 Å². The quantitative estimate of drug-likeness (QED) is 0.182. The fourth-order valence-electron chi connectivity index (χ4n) is 3.65. The van der Waals surface area contributed by atoms with Crippen molar-refractivity contribution in [2.45, 2.75) is 141 Å². The maximum atomic E-state index is 11.9. The predicted molar refractivity (Wildman–Crippen MR) is 114 cm³/mol. The van der Waals surface area contributed by atoms with Gasteiger partial charge in [0.05, 0.1) is 4.75 Å². The molecule has 4 heteroatoms. The summed E-state index contributed by atoms with van der Waals surface area (Å²) in [6.07, 6.45) is 20.4. The molecule has 0 fully saturated rings. The fraction of sp³-hybridized carbons (Fsp3) is 1.00. The van der Waals surface area contributed by atoms with E-state index in [0.717, 1.165) is 25.7 Å². The van der Waals surface area contributed by atoms with Crippen LogP contribution in [-0.4, -0.2) is 17.7 Å². The molecular weight excluding hydrogens is 344 g/mol. The molecule has 0 aromatic carbocycles. The smallest absolute Gasteiger partial charge is 0.270 e. The predicted octanol–water partition coefficient (Wildman–Crippen LogP) is 7.69. The second-order valence-corrected chi connectivity index (χ2v) is 10.3. The van der Waals surface area contributed by atoms with E-state index < -0.39 is 14.9 Å². The third-order valence-corrected chi connectivity index (χ3v) is 7.39. The highest BCUT2D eigenvalue weighted by Crippen LogP contribution is 2.30. The first kappa shape index (κ1) is 25.9. The summed E-state index contributed by atoms with van der Waals surface area (Å²) in [5.74, 6) is 0. The molecule has 0 aromatic heterocycles. The summed E-state index contributed by atoms with van der Waals surface area (Å²) in [6.45, 7) is 6.19. The van der Waals surface area contributed by atoms with Crippen LogP contribution in [0.25, 0.3) is 0 Å². The number of hydrogen-bond donors (Lipinski definition) is 1. The molecular formula is C22H46O3S. The molecule has 0 amide bonds. The molecule has 0 heterocycles. The largest absolute Gasteiger partial charge is 0.285 e. The Morgan fingerprint density at radius 2 is 0.846 bits per heavy atom.